The summed E-state index contributed by atoms with van der Waals surface area (Å²) < 4.78 is 12.7. The van der Waals surface area contributed by atoms with Gasteiger partial charge in [0.05, 0.1) is 5.71 Å². The summed E-state index contributed by atoms with van der Waals surface area (Å²) in [6, 6.07) is 5.78. The average molecular weight is 299 g/mol. The van der Waals surface area contributed by atoms with Crippen LogP contribution >= 0.6 is 0 Å². The highest BCUT2D eigenvalue weighted by molar-refractivity contribution is 6.07. The first-order valence-corrected chi connectivity index (χ1v) is 7.34. The molecule has 1 atom stereocenters. The van der Waals surface area contributed by atoms with Crippen LogP contribution in [0.4, 0.5) is 0 Å². The molecule has 0 radical (unpaired) electrons. The lowest BCUT2D eigenvalue weighted by Gasteiger charge is -2.20. The predicted octanol–water partition coefficient (Wildman–Crippen LogP) is 2.58. The van der Waals surface area contributed by atoms with Crippen molar-refractivity contribution in [2.24, 2.45) is 18.1 Å². The summed E-state index contributed by atoms with van der Waals surface area (Å²) in [4.78, 5) is 0. The number of hydrogen-bond acceptors (Lipinski definition) is 5. The van der Waals surface area contributed by atoms with Crippen molar-refractivity contribution >= 4 is 5.71 Å². The number of hydrogen-bond donors (Lipinski definition) is 1. The Morgan fingerprint density at radius 1 is 1.27 bits per heavy atom. The summed E-state index contributed by atoms with van der Waals surface area (Å²) in [6.45, 7) is 2.40. The lowest BCUT2D eigenvalue weighted by Crippen LogP contribution is -2.20. The third-order valence-corrected chi connectivity index (χ3v) is 4.30. The van der Waals surface area contributed by atoms with Gasteiger partial charge in [0.15, 0.2) is 11.5 Å². The van der Waals surface area contributed by atoms with Gasteiger partial charge in [-0.15, -0.1) is 0 Å². The molecule has 0 saturated carbocycles. The first-order valence-electron chi connectivity index (χ1n) is 7.34. The smallest absolute Gasteiger partial charge is 0.231 e. The van der Waals surface area contributed by atoms with E-state index in [1.807, 2.05) is 29.9 Å². The molecule has 1 aromatic carbocycles. The summed E-state index contributed by atoms with van der Waals surface area (Å²) in [5.74, 6) is 1.92. The van der Waals surface area contributed by atoms with Gasteiger partial charge in [-0.05, 0) is 37.0 Å². The Bertz CT molecular complexity index is 779. The summed E-state index contributed by atoms with van der Waals surface area (Å²) in [7, 11) is 1.93. The molecule has 0 bridgehead atoms. The van der Waals surface area contributed by atoms with Crippen LogP contribution in [0.15, 0.2) is 23.4 Å². The summed E-state index contributed by atoms with van der Waals surface area (Å²) in [5.41, 5.74) is 4.53. The molecular weight excluding hydrogens is 282 g/mol. The van der Waals surface area contributed by atoms with E-state index in [2.05, 4.69) is 17.2 Å². The van der Waals surface area contributed by atoms with Crippen LogP contribution in [0.3, 0.4) is 0 Å². The van der Waals surface area contributed by atoms with Crippen molar-refractivity contribution in [3.05, 3.63) is 29.5 Å². The normalized spacial score (nSPS) is 21.2. The third-order valence-electron chi connectivity index (χ3n) is 4.30. The molecular formula is C16H17N3O3. The number of fused-ring (bicyclic) bond motifs is 2. The van der Waals surface area contributed by atoms with Crippen LogP contribution in [-0.4, -0.2) is 27.5 Å². The van der Waals surface area contributed by atoms with Crippen molar-refractivity contribution < 1.29 is 14.7 Å². The topological polar surface area (TPSA) is 68.9 Å². The molecule has 0 amide bonds. The van der Waals surface area contributed by atoms with Crippen LogP contribution in [-0.2, 0) is 13.5 Å². The molecule has 0 unspecified atom stereocenters. The van der Waals surface area contributed by atoms with Gasteiger partial charge in [-0.3, -0.25) is 4.68 Å². The van der Waals surface area contributed by atoms with Gasteiger partial charge in [0.25, 0.3) is 0 Å². The van der Waals surface area contributed by atoms with Gasteiger partial charge in [-0.2, -0.15) is 5.10 Å². The SMILES string of the molecule is C[C@@H]1C/C(=N/O)c2c(-c3ccc4c(c3)OCO4)nn(C)c2C1. The standard InChI is InChI=1S/C16H17N3O3/c1-9-5-11(18-20)15-12(6-9)19(2)17-16(15)10-3-4-13-14(7-10)22-8-21-13/h3-4,7,9,20H,5-6,8H2,1-2H3/b18-11-/t9-/m1/s1. The first kappa shape index (κ1) is 13.2. The van der Waals surface area contributed by atoms with Crippen molar-refractivity contribution in [2.75, 3.05) is 6.79 Å². The molecule has 2 aromatic rings. The van der Waals surface area contributed by atoms with E-state index in [0.717, 1.165) is 46.9 Å². The average Bonchev–Trinajstić information content (AvgIpc) is 3.10. The van der Waals surface area contributed by atoms with Crippen molar-refractivity contribution in [1.29, 1.82) is 0 Å². The largest absolute Gasteiger partial charge is 0.454 e. The van der Waals surface area contributed by atoms with Gasteiger partial charge in [0, 0.05) is 23.9 Å². The van der Waals surface area contributed by atoms with Crippen LogP contribution in [0.5, 0.6) is 11.5 Å². The number of aromatic nitrogens is 2. The fourth-order valence-corrected chi connectivity index (χ4v) is 3.27. The van der Waals surface area contributed by atoms with E-state index in [1.165, 1.54) is 0 Å². The minimum absolute atomic E-state index is 0.250. The third kappa shape index (κ3) is 1.87. The molecule has 6 heteroatoms. The molecule has 4 rings (SSSR count). The number of benzene rings is 1. The Kier molecular flexibility index (Phi) is 2.85. The van der Waals surface area contributed by atoms with Gasteiger partial charge >= 0.3 is 0 Å². The van der Waals surface area contributed by atoms with E-state index in [4.69, 9.17) is 9.47 Å². The number of aryl methyl sites for hydroxylation is 1. The molecule has 114 valence electrons. The van der Waals surface area contributed by atoms with Crippen LogP contribution in [0.1, 0.15) is 24.6 Å². The fourth-order valence-electron chi connectivity index (χ4n) is 3.27. The number of oxime groups is 1. The monoisotopic (exact) mass is 299 g/mol. The van der Waals surface area contributed by atoms with Gasteiger partial charge in [-0.1, -0.05) is 12.1 Å². The van der Waals surface area contributed by atoms with Crippen LogP contribution in [0.2, 0.25) is 0 Å². The molecule has 0 saturated heterocycles. The zero-order valence-corrected chi connectivity index (χ0v) is 12.5. The van der Waals surface area contributed by atoms with Crippen LogP contribution in [0.25, 0.3) is 11.3 Å². The van der Waals surface area contributed by atoms with E-state index in [0.29, 0.717) is 11.6 Å². The second kappa shape index (κ2) is 4.76. The van der Waals surface area contributed by atoms with Crippen LogP contribution < -0.4 is 9.47 Å². The van der Waals surface area contributed by atoms with Crippen LogP contribution in [0, 0.1) is 5.92 Å². The number of nitrogens with zero attached hydrogens (tertiary/aromatic N) is 3. The Morgan fingerprint density at radius 2 is 2.09 bits per heavy atom. The minimum atomic E-state index is 0.250. The number of rotatable bonds is 1. The van der Waals surface area contributed by atoms with Gasteiger partial charge in [0.2, 0.25) is 6.79 Å². The Labute approximate surface area is 128 Å². The zero-order chi connectivity index (χ0) is 15.3. The van der Waals surface area contributed by atoms with Gasteiger partial charge in [-0.25, -0.2) is 0 Å². The quantitative estimate of drug-likeness (QED) is 0.649. The molecule has 0 fully saturated rings. The fraction of sp³-hybridized carbons (Fsp3) is 0.375. The van der Waals surface area contributed by atoms with Crippen molar-refractivity contribution in [1.82, 2.24) is 9.78 Å². The lowest BCUT2D eigenvalue weighted by molar-refractivity contribution is 0.174. The highest BCUT2D eigenvalue weighted by Crippen LogP contribution is 2.38. The molecule has 1 aromatic heterocycles. The van der Waals surface area contributed by atoms with Crippen molar-refractivity contribution in [2.45, 2.75) is 19.8 Å². The molecule has 22 heavy (non-hydrogen) atoms. The Balaban J connectivity index is 1.89. The molecule has 1 N–H and O–H groups in total. The van der Waals surface area contributed by atoms with Crippen molar-refractivity contribution in [3.63, 3.8) is 0 Å². The van der Waals surface area contributed by atoms with Gasteiger partial charge in [0.1, 0.15) is 5.69 Å². The first-order chi connectivity index (χ1) is 10.7. The Hall–Kier alpha value is -2.50. The molecule has 1 aliphatic heterocycles. The molecule has 6 nitrogen and oxygen atoms in total. The Morgan fingerprint density at radius 3 is 2.91 bits per heavy atom. The molecule has 2 heterocycles. The van der Waals surface area contributed by atoms with E-state index < -0.39 is 0 Å². The van der Waals surface area contributed by atoms with E-state index in [-0.39, 0.29) is 6.79 Å². The zero-order valence-electron chi connectivity index (χ0n) is 12.5. The maximum Gasteiger partial charge on any atom is 0.231 e. The highest BCUT2D eigenvalue weighted by atomic mass is 16.7. The minimum Gasteiger partial charge on any atom is -0.454 e. The molecule has 2 aliphatic rings. The molecule has 0 spiro atoms. The summed E-state index contributed by atoms with van der Waals surface area (Å²) in [5, 5.41) is 17.6. The number of ether oxygens (including phenoxy) is 2. The van der Waals surface area contributed by atoms with Gasteiger partial charge < -0.3 is 14.7 Å². The van der Waals surface area contributed by atoms with E-state index in [1.54, 1.807) is 0 Å². The predicted molar refractivity (Wildman–Crippen MR) is 80.6 cm³/mol. The lowest BCUT2D eigenvalue weighted by atomic mass is 9.85. The maximum absolute atomic E-state index is 9.40. The molecule has 1 aliphatic carbocycles. The summed E-state index contributed by atoms with van der Waals surface area (Å²) >= 11 is 0. The highest BCUT2D eigenvalue weighted by Gasteiger charge is 2.29. The second-order valence-electron chi connectivity index (χ2n) is 5.92. The summed E-state index contributed by atoms with van der Waals surface area (Å²) in [6.07, 6.45) is 1.69. The second-order valence-corrected chi connectivity index (χ2v) is 5.92. The van der Waals surface area contributed by atoms with E-state index >= 15 is 0 Å². The van der Waals surface area contributed by atoms with Crippen molar-refractivity contribution in [3.8, 4) is 22.8 Å². The van der Waals surface area contributed by atoms with E-state index in [9.17, 15) is 5.21 Å². The maximum atomic E-state index is 9.40.